The summed E-state index contributed by atoms with van der Waals surface area (Å²) in [5.74, 6) is -1.19. The molecule has 0 amide bonds. The van der Waals surface area contributed by atoms with Crippen LogP contribution >= 0.6 is 15.9 Å². The molecule has 1 aromatic carbocycles. The molecule has 0 heterocycles. The van der Waals surface area contributed by atoms with E-state index in [1.807, 2.05) is 6.07 Å². The van der Waals surface area contributed by atoms with Gasteiger partial charge in [0.2, 0.25) is 6.54 Å². The molecule has 0 unspecified atom stereocenters. The van der Waals surface area contributed by atoms with E-state index in [4.69, 9.17) is 0 Å². The minimum absolute atomic E-state index is 0.226. The third kappa shape index (κ3) is 3.01. The number of hydrogen-bond donors (Lipinski definition) is 1. The number of nitro groups is 1. The van der Waals surface area contributed by atoms with Crippen LogP contribution in [0.25, 0.3) is 0 Å². The van der Waals surface area contributed by atoms with Crippen LogP contribution in [0.5, 0.6) is 0 Å². The highest BCUT2D eigenvalue weighted by Crippen LogP contribution is 2.35. The molecule has 0 aliphatic heterocycles. The average Bonchev–Trinajstić information content (AvgIpc) is 2.67. The summed E-state index contributed by atoms with van der Waals surface area (Å²) >= 11 is 3.32. The molecule has 1 atom stereocenters. The normalized spacial score (nSPS) is 16.8. The Balaban J connectivity index is 2.42. The van der Waals surface area contributed by atoms with Crippen molar-refractivity contribution in [1.29, 1.82) is 0 Å². The summed E-state index contributed by atoms with van der Waals surface area (Å²) in [6.45, 7) is -0.330. The van der Waals surface area contributed by atoms with Crippen molar-refractivity contribution in [1.82, 2.24) is 0 Å². The summed E-state index contributed by atoms with van der Waals surface area (Å²) in [7, 11) is 0. The minimum Gasteiger partial charge on any atom is -0.504 e. The molecule has 0 fully saturated rings. The van der Waals surface area contributed by atoms with Gasteiger partial charge in [-0.25, -0.2) is 0 Å². The summed E-state index contributed by atoms with van der Waals surface area (Å²) in [4.78, 5) is 21.8. The molecule has 2 rings (SSSR count). The molecule has 0 aromatic heterocycles. The molecule has 19 heavy (non-hydrogen) atoms. The van der Waals surface area contributed by atoms with Gasteiger partial charge in [-0.15, -0.1) is 0 Å². The summed E-state index contributed by atoms with van der Waals surface area (Å²) in [6, 6.07) is 7.14. The number of aliphatic hydroxyl groups is 1. The van der Waals surface area contributed by atoms with E-state index in [-0.39, 0.29) is 24.5 Å². The second-order valence-corrected chi connectivity index (χ2v) is 5.34. The smallest absolute Gasteiger partial charge is 0.214 e. The second-order valence-electron chi connectivity index (χ2n) is 4.42. The summed E-state index contributed by atoms with van der Waals surface area (Å²) in [6.07, 6.45) is 0.610. The minimum atomic E-state index is -0.557. The zero-order valence-electron chi connectivity index (χ0n) is 10.0. The van der Waals surface area contributed by atoms with Crippen LogP contribution in [-0.4, -0.2) is 22.4 Å². The van der Waals surface area contributed by atoms with Gasteiger partial charge in [-0.3, -0.25) is 14.9 Å². The van der Waals surface area contributed by atoms with Gasteiger partial charge in [0.25, 0.3) is 0 Å². The molecule has 0 saturated carbocycles. The number of nitrogens with zero attached hydrogens (tertiary/aromatic N) is 1. The number of aliphatic hydroxyl groups excluding tert-OH is 1. The van der Waals surface area contributed by atoms with Crippen LogP contribution in [0.1, 0.15) is 24.3 Å². The van der Waals surface area contributed by atoms with Crippen molar-refractivity contribution in [3.63, 3.8) is 0 Å². The van der Waals surface area contributed by atoms with E-state index in [1.165, 1.54) is 0 Å². The Labute approximate surface area is 118 Å². The van der Waals surface area contributed by atoms with Gasteiger partial charge in [-0.05, 0) is 29.7 Å². The number of rotatable bonds is 4. The lowest BCUT2D eigenvalue weighted by atomic mass is 9.90. The van der Waals surface area contributed by atoms with Gasteiger partial charge in [0, 0.05) is 15.8 Å². The van der Waals surface area contributed by atoms with Crippen molar-refractivity contribution in [3.8, 4) is 0 Å². The zero-order valence-corrected chi connectivity index (χ0v) is 11.6. The van der Waals surface area contributed by atoms with E-state index in [0.29, 0.717) is 12.0 Å². The van der Waals surface area contributed by atoms with Gasteiger partial charge < -0.3 is 5.11 Å². The Kier molecular flexibility index (Phi) is 3.99. The predicted octanol–water partition coefficient (Wildman–Crippen LogP) is 2.98. The maximum Gasteiger partial charge on any atom is 0.214 e. The molecule has 5 nitrogen and oxygen atoms in total. The number of halogens is 1. The highest BCUT2D eigenvalue weighted by atomic mass is 79.9. The van der Waals surface area contributed by atoms with E-state index >= 15 is 0 Å². The Morgan fingerprint density at radius 1 is 1.42 bits per heavy atom. The third-order valence-electron chi connectivity index (χ3n) is 3.19. The first-order valence-corrected chi connectivity index (χ1v) is 6.61. The van der Waals surface area contributed by atoms with Crippen LogP contribution in [0, 0.1) is 10.1 Å². The van der Waals surface area contributed by atoms with Gasteiger partial charge >= 0.3 is 0 Å². The molecule has 6 heteroatoms. The highest BCUT2D eigenvalue weighted by molar-refractivity contribution is 9.10. The van der Waals surface area contributed by atoms with Gasteiger partial charge in [0.15, 0.2) is 11.5 Å². The fourth-order valence-electron chi connectivity index (χ4n) is 2.29. The lowest BCUT2D eigenvalue weighted by Gasteiger charge is -2.15. The quantitative estimate of drug-likeness (QED) is 0.681. The number of allylic oxidation sites excluding steroid dienone is 1. The van der Waals surface area contributed by atoms with Crippen LogP contribution in [0.15, 0.2) is 40.1 Å². The summed E-state index contributed by atoms with van der Waals surface area (Å²) in [5, 5.41) is 20.6. The van der Waals surface area contributed by atoms with Gasteiger partial charge in [0.1, 0.15) is 0 Å². The number of Topliss-reactive ketones (excluding diaryl/α,β-unsaturated/α-hetero) is 1. The first kappa shape index (κ1) is 13.7. The van der Waals surface area contributed by atoms with Crippen molar-refractivity contribution in [2.24, 2.45) is 0 Å². The number of hydrogen-bond acceptors (Lipinski definition) is 4. The third-order valence-corrected chi connectivity index (χ3v) is 3.69. The monoisotopic (exact) mass is 325 g/mol. The molecule has 100 valence electrons. The van der Waals surface area contributed by atoms with Crippen molar-refractivity contribution in [2.45, 2.75) is 18.8 Å². The van der Waals surface area contributed by atoms with Gasteiger partial charge in [0.05, 0.1) is 5.92 Å². The van der Waals surface area contributed by atoms with E-state index in [2.05, 4.69) is 15.9 Å². The van der Waals surface area contributed by atoms with Crippen LogP contribution in [0.2, 0.25) is 0 Å². The fraction of sp³-hybridized carbons (Fsp3) is 0.308. The van der Waals surface area contributed by atoms with Crippen LogP contribution in [0.3, 0.4) is 0 Å². The van der Waals surface area contributed by atoms with Crippen molar-refractivity contribution in [2.75, 3.05) is 6.54 Å². The Bertz CT molecular complexity index is 568. The molecule has 0 radical (unpaired) electrons. The van der Waals surface area contributed by atoms with Gasteiger partial charge in [-0.2, -0.15) is 0 Å². The van der Waals surface area contributed by atoms with Gasteiger partial charge in [-0.1, -0.05) is 28.1 Å². The SMILES string of the molecule is O=C1CCC([C@H](C[N+](=O)[O-])c2cccc(Br)c2)=C1O. The molecule has 1 aliphatic carbocycles. The lowest BCUT2D eigenvalue weighted by Crippen LogP contribution is -2.15. The predicted molar refractivity (Wildman–Crippen MR) is 72.6 cm³/mol. The fourth-order valence-corrected chi connectivity index (χ4v) is 2.71. The van der Waals surface area contributed by atoms with E-state index < -0.39 is 10.8 Å². The molecular formula is C13H12BrNO4. The molecule has 0 bridgehead atoms. The molecule has 0 spiro atoms. The number of ketones is 1. The molecule has 1 aliphatic rings. The van der Waals surface area contributed by atoms with E-state index in [1.54, 1.807) is 18.2 Å². The Morgan fingerprint density at radius 2 is 2.16 bits per heavy atom. The molecule has 1 aromatic rings. The number of carbonyl (C=O) groups is 1. The standard InChI is InChI=1S/C13H12BrNO4/c14-9-3-1-2-8(6-9)11(7-15(18)19)10-4-5-12(16)13(10)17/h1-3,6,11,17H,4-5,7H2/t11-/m1/s1. The zero-order chi connectivity index (χ0) is 14.0. The molecule has 1 N–H and O–H groups in total. The number of benzene rings is 1. The Hall–Kier alpha value is -1.69. The lowest BCUT2D eigenvalue weighted by molar-refractivity contribution is -0.482. The van der Waals surface area contributed by atoms with Crippen molar-refractivity contribution in [3.05, 3.63) is 55.7 Å². The maximum atomic E-state index is 11.4. The molecular weight excluding hydrogens is 314 g/mol. The largest absolute Gasteiger partial charge is 0.504 e. The van der Waals surface area contributed by atoms with E-state index in [0.717, 1.165) is 10.0 Å². The summed E-state index contributed by atoms with van der Waals surface area (Å²) in [5.41, 5.74) is 1.20. The van der Waals surface area contributed by atoms with Crippen LogP contribution in [-0.2, 0) is 4.79 Å². The maximum absolute atomic E-state index is 11.4. The first-order valence-electron chi connectivity index (χ1n) is 5.81. The number of carbonyl (C=O) groups excluding carboxylic acids is 1. The van der Waals surface area contributed by atoms with E-state index in [9.17, 15) is 20.0 Å². The first-order chi connectivity index (χ1) is 8.99. The Morgan fingerprint density at radius 3 is 2.68 bits per heavy atom. The van der Waals surface area contributed by atoms with Crippen LogP contribution in [0.4, 0.5) is 0 Å². The second kappa shape index (κ2) is 5.52. The average molecular weight is 326 g/mol. The molecule has 0 saturated heterocycles. The summed E-state index contributed by atoms with van der Waals surface area (Å²) < 4.78 is 0.808. The van der Waals surface area contributed by atoms with Crippen LogP contribution < -0.4 is 0 Å². The van der Waals surface area contributed by atoms with Crippen molar-refractivity contribution >= 4 is 21.7 Å². The van der Waals surface area contributed by atoms with Crippen molar-refractivity contribution < 1.29 is 14.8 Å². The topological polar surface area (TPSA) is 80.4 Å². The highest BCUT2D eigenvalue weighted by Gasteiger charge is 2.32.